The fourth-order valence-corrected chi connectivity index (χ4v) is 2.84. The molecule has 1 aromatic carbocycles. The first-order valence-electron chi connectivity index (χ1n) is 8.86. The molecule has 1 atom stereocenters. The Balaban J connectivity index is 1.75. The van der Waals surface area contributed by atoms with Gasteiger partial charge in [0.25, 0.3) is 0 Å². The molecule has 4 nitrogen and oxygen atoms in total. The van der Waals surface area contributed by atoms with Gasteiger partial charge in [-0.1, -0.05) is 56.3 Å². The number of benzene rings is 1. The molecule has 1 aromatic rings. The Bertz CT molecular complexity index is 566. The third kappa shape index (κ3) is 5.84. The maximum absolute atomic E-state index is 12.4. The normalized spacial score (nSPS) is 18.1. The van der Waals surface area contributed by atoms with Gasteiger partial charge in [0.2, 0.25) is 11.8 Å². The van der Waals surface area contributed by atoms with Crippen molar-refractivity contribution in [2.45, 2.75) is 45.6 Å². The van der Waals surface area contributed by atoms with Crippen LogP contribution in [-0.4, -0.2) is 35.8 Å². The second-order valence-corrected chi connectivity index (χ2v) is 6.69. The van der Waals surface area contributed by atoms with Crippen LogP contribution >= 0.6 is 0 Å². The van der Waals surface area contributed by atoms with E-state index in [1.165, 1.54) is 0 Å². The van der Waals surface area contributed by atoms with Crippen molar-refractivity contribution in [3.8, 4) is 0 Å². The van der Waals surface area contributed by atoms with Gasteiger partial charge in [-0.15, -0.1) is 0 Å². The molecule has 1 N–H and O–H groups in total. The highest BCUT2D eigenvalue weighted by molar-refractivity contribution is 5.79. The standard InChI is InChI=1S/C20H28N2O2/c1-16(2)20(24)21-18-12-8-14-22(15-18)19(23)13-7-6-11-17-9-4-3-5-10-17/h3-6,9-11,16,18H,7-8,12-15H2,1-2H3,(H,21,24)/b11-6+/t18-/m1/s1. The van der Waals surface area contributed by atoms with Gasteiger partial charge in [-0.25, -0.2) is 0 Å². The number of allylic oxidation sites excluding steroid dienone is 1. The number of carbonyl (C=O) groups excluding carboxylic acids is 2. The lowest BCUT2D eigenvalue weighted by Gasteiger charge is -2.33. The van der Waals surface area contributed by atoms with E-state index < -0.39 is 0 Å². The molecule has 0 bridgehead atoms. The lowest BCUT2D eigenvalue weighted by molar-refractivity contribution is -0.134. The van der Waals surface area contributed by atoms with Crippen LogP contribution in [0.1, 0.15) is 45.1 Å². The molecule has 0 radical (unpaired) electrons. The summed E-state index contributed by atoms with van der Waals surface area (Å²) in [6, 6.07) is 10.2. The molecule has 1 aliphatic heterocycles. The van der Waals surface area contributed by atoms with Gasteiger partial charge in [0, 0.05) is 31.5 Å². The van der Waals surface area contributed by atoms with Crippen LogP contribution in [-0.2, 0) is 9.59 Å². The third-order valence-corrected chi connectivity index (χ3v) is 4.28. The lowest BCUT2D eigenvalue weighted by atomic mass is 10.0. The van der Waals surface area contributed by atoms with Crippen molar-refractivity contribution in [1.29, 1.82) is 0 Å². The first kappa shape index (κ1) is 18.2. The molecule has 0 aromatic heterocycles. The Morgan fingerprint density at radius 3 is 2.75 bits per heavy atom. The van der Waals surface area contributed by atoms with Crippen molar-refractivity contribution in [1.82, 2.24) is 10.2 Å². The van der Waals surface area contributed by atoms with E-state index in [9.17, 15) is 9.59 Å². The van der Waals surface area contributed by atoms with Gasteiger partial charge in [0.1, 0.15) is 0 Å². The number of hydrogen-bond donors (Lipinski definition) is 1. The largest absolute Gasteiger partial charge is 0.351 e. The molecule has 1 aliphatic rings. The summed E-state index contributed by atoms with van der Waals surface area (Å²) in [6.45, 7) is 5.22. The molecule has 2 amide bonds. The monoisotopic (exact) mass is 328 g/mol. The van der Waals surface area contributed by atoms with Crippen molar-refractivity contribution >= 4 is 17.9 Å². The van der Waals surface area contributed by atoms with Gasteiger partial charge in [0.15, 0.2) is 0 Å². The third-order valence-electron chi connectivity index (χ3n) is 4.28. The number of likely N-dealkylation sites (tertiary alicyclic amines) is 1. The predicted molar refractivity (Wildman–Crippen MR) is 97.3 cm³/mol. The minimum Gasteiger partial charge on any atom is -0.351 e. The Labute approximate surface area is 144 Å². The molecule has 0 aliphatic carbocycles. The molecular weight excluding hydrogens is 300 g/mol. The zero-order chi connectivity index (χ0) is 17.4. The van der Waals surface area contributed by atoms with Crippen LogP contribution in [0.15, 0.2) is 36.4 Å². The van der Waals surface area contributed by atoms with Crippen molar-refractivity contribution < 1.29 is 9.59 Å². The fraction of sp³-hybridized carbons (Fsp3) is 0.500. The Kier molecular flexibility index (Phi) is 7.04. The zero-order valence-corrected chi connectivity index (χ0v) is 14.7. The van der Waals surface area contributed by atoms with Crippen LogP contribution in [0.4, 0.5) is 0 Å². The van der Waals surface area contributed by atoms with Crippen LogP contribution in [0, 0.1) is 5.92 Å². The molecule has 0 spiro atoms. The molecule has 130 valence electrons. The number of nitrogens with zero attached hydrogens (tertiary/aromatic N) is 1. The second kappa shape index (κ2) is 9.26. The zero-order valence-electron chi connectivity index (χ0n) is 14.7. The minimum atomic E-state index is -0.0146. The van der Waals surface area contributed by atoms with Crippen LogP contribution in [0.25, 0.3) is 6.08 Å². The molecule has 1 heterocycles. The van der Waals surface area contributed by atoms with Crippen molar-refractivity contribution in [3.63, 3.8) is 0 Å². The topological polar surface area (TPSA) is 49.4 Å². The maximum atomic E-state index is 12.4. The van der Waals surface area contributed by atoms with Crippen LogP contribution < -0.4 is 5.32 Å². The Morgan fingerprint density at radius 2 is 2.04 bits per heavy atom. The van der Waals surface area contributed by atoms with E-state index in [0.29, 0.717) is 13.0 Å². The van der Waals surface area contributed by atoms with Crippen LogP contribution in [0.3, 0.4) is 0 Å². The highest BCUT2D eigenvalue weighted by Gasteiger charge is 2.24. The quantitative estimate of drug-likeness (QED) is 0.871. The van der Waals surface area contributed by atoms with Gasteiger partial charge in [0.05, 0.1) is 0 Å². The number of hydrogen-bond acceptors (Lipinski definition) is 2. The van der Waals surface area contributed by atoms with E-state index in [1.54, 1.807) is 0 Å². The van der Waals surface area contributed by atoms with Crippen LogP contribution in [0.5, 0.6) is 0 Å². The summed E-state index contributed by atoms with van der Waals surface area (Å²) in [7, 11) is 0. The van der Waals surface area contributed by atoms with Crippen molar-refractivity contribution in [2.75, 3.05) is 13.1 Å². The molecule has 4 heteroatoms. The molecule has 1 fully saturated rings. The minimum absolute atomic E-state index is 0.0146. The van der Waals surface area contributed by atoms with Gasteiger partial charge in [-0.05, 0) is 24.8 Å². The average Bonchev–Trinajstić information content (AvgIpc) is 2.59. The maximum Gasteiger partial charge on any atom is 0.222 e. The van der Waals surface area contributed by atoms with E-state index in [4.69, 9.17) is 0 Å². The molecular formula is C20H28N2O2. The number of carbonyl (C=O) groups is 2. The summed E-state index contributed by atoms with van der Waals surface area (Å²) in [5, 5.41) is 3.05. The van der Waals surface area contributed by atoms with E-state index in [0.717, 1.165) is 31.4 Å². The Hall–Kier alpha value is -2.10. The molecule has 2 rings (SSSR count). The van der Waals surface area contributed by atoms with Crippen molar-refractivity contribution in [3.05, 3.63) is 42.0 Å². The van der Waals surface area contributed by atoms with Crippen molar-refractivity contribution in [2.24, 2.45) is 5.92 Å². The van der Waals surface area contributed by atoms with E-state index in [2.05, 4.69) is 17.5 Å². The number of amides is 2. The first-order chi connectivity index (χ1) is 11.6. The molecule has 0 saturated carbocycles. The summed E-state index contributed by atoms with van der Waals surface area (Å²) < 4.78 is 0. The van der Waals surface area contributed by atoms with E-state index in [1.807, 2.05) is 49.1 Å². The van der Waals surface area contributed by atoms with Crippen LogP contribution in [0.2, 0.25) is 0 Å². The first-order valence-corrected chi connectivity index (χ1v) is 8.86. The average molecular weight is 328 g/mol. The summed E-state index contributed by atoms with van der Waals surface area (Å²) >= 11 is 0. The fourth-order valence-electron chi connectivity index (χ4n) is 2.84. The summed E-state index contributed by atoms with van der Waals surface area (Å²) in [6.07, 6.45) is 7.27. The number of piperidine rings is 1. The highest BCUT2D eigenvalue weighted by atomic mass is 16.2. The Morgan fingerprint density at radius 1 is 1.29 bits per heavy atom. The molecule has 0 unspecified atom stereocenters. The molecule has 1 saturated heterocycles. The lowest BCUT2D eigenvalue weighted by Crippen LogP contribution is -2.50. The summed E-state index contributed by atoms with van der Waals surface area (Å²) in [5.74, 6) is 0.232. The number of nitrogens with one attached hydrogen (secondary N) is 1. The number of rotatable bonds is 6. The highest BCUT2D eigenvalue weighted by Crippen LogP contribution is 2.13. The smallest absolute Gasteiger partial charge is 0.222 e. The van der Waals surface area contributed by atoms with E-state index in [-0.39, 0.29) is 23.8 Å². The second-order valence-electron chi connectivity index (χ2n) is 6.69. The van der Waals surface area contributed by atoms with E-state index >= 15 is 0 Å². The van der Waals surface area contributed by atoms with Gasteiger partial charge in [-0.3, -0.25) is 9.59 Å². The van der Waals surface area contributed by atoms with Gasteiger partial charge >= 0.3 is 0 Å². The summed E-state index contributed by atoms with van der Waals surface area (Å²) in [4.78, 5) is 26.1. The summed E-state index contributed by atoms with van der Waals surface area (Å²) in [5.41, 5.74) is 1.15. The SMILES string of the molecule is CC(C)C(=O)N[C@@H]1CCCN(C(=O)CC/C=C/c2ccccc2)C1. The van der Waals surface area contributed by atoms with Gasteiger partial charge in [-0.2, -0.15) is 0 Å². The molecule has 24 heavy (non-hydrogen) atoms. The predicted octanol–water partition coefficient (Wildman–Crippen LogP) is 3.24. The van der Waals surface area contributed by atoms with Gasteiger partial charge < -0.3 is 10.2 Å².